The summed E-state index contributed by atoms with van der Waals surface area (Å²) >= 11 is 0. The van der Waals surface area contributed by atoms with Crippen LogP contribution in [0, 0.1) is 0 Å². The van der Waals surface area contributed by atoms with Gasteiger partial charge in [-0.15, -0.1) is 0 Å². The molecule has 1 unspecified atom stereocenters. The lowest BCUT2D eigenvalue weighted by molar-refractivity contribution is -0.120. The lowest BCUT2D eigenvalue weighted by atomic mass is 10.1. The highest BCUT2D eigenvalue weighted by Gasteiger charge is 2.31. The Hall–Kier alpha value is -0.610. The number of hydrogen-bond donors (Lipinski definition) is 2. The molecule has 1 atom stereocenters. The lowest BCUT2D eigenvalue weighted by Crippen LogP contribution is -2.40. The Morgan fingerprint density at radius 2 is 2.19 bits per heavy atom. The summed E-state index contributed by atoms with van der Waals surface area (Å²) in [5, 5.41) is 5.98. The van der Waals surface area contributed by atoms with Crippen LogP contribution in [-0.4, -0.2) is 36.7 Å². The van der Waals surface area contributed by atoms with E-state index in [4.69, 9.17) is 4.74 Å². The molecular formula is C12H24N2O2. The van der Waals surface area contributed by atoms with E-state index in [0.717, 1.165) is 19.4 Å². The fraction of sp³-hybridized carbons (Fsp3) is 0.917. The van der Waals surface area contributed by atoms with Crippen LogP contribution in [0.25, 0.3) is 0 Å². The monoisotopic (exact) mass is 228 g/mol. The Bertz CT molecular complexity index is 239. The molecular weight excluding hydrogens is 204 g/mol. The van der Waals surface area contributed by atoms with Crippen LogP contribution in [0.4, 0.5) is 0 Å². The van der Waals surface area contributed by atoms with Gasteiger partial charge in [-0.2, -0.15) is 0 Å². The molecule has 0 aromatic carbocycles. The Morgan fingerprint density at radius 3 is 2.69 bits per heavy atom. The van der Waals surface area contributed by atoms with E-state index in [1.807, 2.05) is 13.8 Å². The molecule has 1 rings (SSSR count). The van der Waals surface area contributed by atoms with Crippen LogP contribution in [0.2, 0.25) is 0 Å². The number of hydrogen-bond acceptors (Lipinski definition) is 3. The van der Waals surface area contributed by atoms with Gasteiger partial charge in [-0.3, -0.25) is 4.79 Å². The quantitative estimate of drug-likeness (QED) is 0.739. The average molecular weight is 228 g/mol. The highest BCUT2D eigenvalue weighted by atomic mass is 16.5. The number of rotatable bonds is 5. The fourth-order valence-corrected chi connectivity index (χ4v) is 1.94. The first-order chi connectivity index (χ1) is 7.39. The highest BCUT2D eigenvalue weighted by Crippen LogP contribution is 2.28. The van der Waals surface area contributed by atoms with Crippen molar-refractivity contribution >= 4 is 5.91 Å². The van der Waals surface area contributed by atoms with Crippen molar-refractivity contribution < 1.29 is 9.53 Å². The van der Waals surface area contributed by atoms with Crippen LogP contribution >= 0.6 is 0 Å². The van der Waals surface area contributed by atoms with Crippen LogP contribution in [0.3, 0.4) is 0 Å². The van der Waals surface area contributed by atoms with Crippen molar-refractivity contribution in [1.82, 2.24) is 10.6 Å². The highest BCUT2D eigenvalue weighted by molar-refractivity contribution is 5.78. The third kappa shape index (κ3) is 4.94. The number of carbonyl (C=O) groups excluding carboxylic acids is 1. The first-order valence-corrected chi connectivity index (χ1v) is 6.07. The maximum Gasteiger partial charge on any atom is 0.234 e. The molecule has 0 spiro atoms. The normalized spacial score (nSPS) is 23.7. The zero-order valence-corrected chi connectivity index (χ0v) is 10.8. The van der Waals surface area contributed by atoms with Gasteiger partial charge >= 0.3 is 0 Å². The van der Waals surface area contributed by atoms with Gasteiger partial charge in [-0.1, -0.05) is 0 Å². The van der Waals surface area contributed by atoms with E-state index >= 15 is 0 Å². The van der Waals surface area contributed by atoms with Crippen LogP contribution in [0.5, 0.6) is 0 Å². The van der Waals surface area contributed by atoms with E-state index in [9.17, 15) is 4.79 Å². The van der Waals surface area contributed by atoms with Crippen molar-refractivity contribution in [3.63, 3.8) is 0 Å². The summed E-state index contributed by atoms with van der Waals surface area (Å²) in [4.78, 5) is 11.3. The molecule has 0 bridgehead atoms. The Balaban J connectivity index is 2.10. The second kappa shape index (κ2) is 5.64. The Morgan fingerprint density at radius 1 is 1.50 bits per heavy atom. The van der Waals surface area contributed by atoms with Crippen molar-refractivity contribution in [1.29, 1.82) is 0 Å². The first-order valence-electron chi connectivity index (χ1n) is 6.07. The molecule has 1 aliphatic heterocycles. The van der Waals surface area contributed by atoms with Crippen LogP contribution in [0.15, 0.2) is 0 Å². The molecule has 4 heteroatoms. The number of ether oxygens (including phenoxy) is 1. The zero-order chi connectivity index (χ0) is 12.2. The zero-order valence-electron chi connectivity index (χ0n) is 10.8. The van der Waals surface area contributed by atoms with Crippen LogP contribution < -0.4 is 10.6 Å². The molecule has 1 amide bonds. The molecule has 0 saturated carbocycles. The number of amides is 1. The molecule has 0 aromatic heterocycles. The minimum absolute atomic E-state index is 0.00649. The standard InChI is InChI=1S/C12H24N2O2/c1-9(2)14-11(15)8-13-7-10-5-6-12(3,4)16-10/h9-10,13H,5-8H2,1-4H3,(H,14,15). The van der Waals surface area contributed by atoms with Crippen molar-refractivity contribution in [3.05, 3.63) is 0 Å². The molecule has 16 heavy (non-hydrogen) atoms. The van der Waals surface area contributed by atoms with Gasteiger partial charge in [0.1, 0.15) is 0 Å². The summed E-state index contributed by atoms with van der Waals surface area (Å²) in [6.45, 7) is 9.27. The van der Waals surface area contributed by atoms with E-state index in [2.05, 4.69) is 24.5 Å². The van der Waals surface area contributed by atoms with Gasteiger partial charge in [0.2, 0.25) is 5.91 Å². The molecule has 0 aromatic rings. The molecule has 1 heterocycles. The Kier molecular flexibility index (Phi) is 4.74. The van der Waals surface area contributed by atoms with Gasteiger partial charge in [0.05, 0.1) is 18.2 Å². The summed E-state index contributed by atoms with van der Waals surface area (Å²) < 4.78 is 5.82. The molecule has 94 valence electrons. The summed E-state index contributed by atoms with van der Waals surface area (Å²) in [5.74, 6) is 0.0484. The minimum Gasteiger partial charge on any atom is -0.371 e. The van der Waals surface area contributed by atoms with Crippen LogP contribution in [-0.2, 0) is 9.53 Å². The summed E-state index contributed by atoms with van der Waals surface area (Å²) in [5.41, 5.74) is 0.00649. The number of carbonyl (C=O) groups is 1. The predicted octanol–water partition coefficient (Wildman–Crippen LogP) is 1.06. The summed E-state index contributed by atoms with van der Waals surface area (Å²) in [7, 11) is 0. The molecule has 1 aliphatic rings. The van der Waals surface area contributed by atoms with Gasteiger partial charge in [-0.05, 0) is 40.5 Å². The molecule has 1 fully saturated rings. The SMILES string of the molecule is CC(C)NC(=O)CNCC1CCC(C)(C)O1. The fourth-order valence-electron chi connectivity index (χ4n) is 1.94. The molecule has 0 radical (unpaired) electrons. The molecule has 1 saturated heterocycles. The van der Waals surface area contributed by atoms with Crippen molar-refractivity contribution in [3.8, 4) is 0 Å². The lowest BCUT2D eigenvalue weighted by Gasteiger charge is -2.19. The van der Waals surface area contributed by atoms with E-state index < -0.39 is 0 Å². The Labute approximate surface area is 98.1 Å². The van der Waals surface area contributed by atoms with E-state index in [-0.39, 0.29) is 23.7 Å². The van der Waals surface area contributed by atoms with Gasteiger partial charge in [0, 0.05) is 12.6 Å². The predicted molar refractivity (Wildman–Crippen MR) is 64.3 cm³/mol. The average Bonchev–Trinajstić information content (AvgIpc) is 2.44. The van der Waals surface area contributed by atoms with Crippen molar-refractivity contribution in [2.45, 2.75) is 58.3 Å². The first kappa shape index (κ1) is 13.5. The third-order valence-corrected chi connectivity index (χ3v) is 2.66. The topological polar surface area (TPSA) is 50.4 Å². The van der Waals surface area contributed by atoms with Gasteiger partial charge < -0.3 is 15.4 Å². The molecule has 4 nitrogen and oxygen atoms in total. The second-order valence-electron chi connectivity index (χ2n) is 5.39. The van der Waals surface area contributed by atoms with Crippen LogP contribution in [0.1, 0.15) is 40.5 Å². The van der Waals surface area contributed by atoms with E-state index in [1.165, 1.54) is 0 Å². The maximum absolute atomic E-state index is 11.3. The van der Waals surface area contributed by atoms with Gasteiger partial charge in [0.15, 0.2) is 0 Å². The number of nitrogens with one attached hydrogen (secondary N) is 2. The summed E-state index contributed by atoms with van der Waals surface area (Å²) in [6, 6.07) is 0.205. The molecule has 2 N–H and O–H groups in total. The van der Waals surface area contributed by atoms with Crippen molar-refractivity contribution in [2.75, 3.05) is 13.1 Å². The maximum atomic E-state index is 11.3. The van der Waals surface area contributed by atoms with E-state index in [1.54, 1.807) is 0 Å². The third-order valence-electron chi connectivity index (χ3n) is 2.66. The van der Waals surface area contributed by atoms with Crippen molar-refractivity contribution in [2.24, 2.45) is 0 Å². The largest absolute Gasteiger partial charge is 0.371 e. The molecule has 0 aliphatic carbocycles. The smallest absolute Gasteiger partial charge is 0.234 e. The second-order valence-corrected chi connectivity index (χ2v) is 5.39. The van der Waals surface area contributed by atoms with Gasteiger partial charge in [0.25, 0.3) is 0 Å². The summed E-state index contributed by atoms with van der Waals surface area (Å²) in [6.07, 6.45) is 2.42. The minimum atomic E-state index is 0.00649. The van der Waals surface area contributed by atoms with E-state index in [0.29, 0.717) is 6.54 Å². The van der Waals surface area contributed by atoms with Gasteiger partial charge in [-0.25, -0.2) is 0 Å².